The van der Waals surface area contributed by atoms with Gasteiger partial charge in [-0.2, -0.15) is 0 Å². The van der Waals surface area contributed by atoms with Crippen LogP contribution in [-0.4, -0.2) is 18.1 Å². The molecule has 1 aromatic rings. The van der Waals surface area contributed by atoms with Gasteiger partial charge in [0.05, 0.1) is 5.69 Å². The first kappa shape index (κ1) is 13.5. The van der Waals surface area contributed by atoms with Gasteiger partial charge in [0.15, 0.2) is 5.60 Å². The van der Waals surface area contributed by atoms with Crippen LogP contribution in [0, 0.1) is 12.8 Å². The molecule has 2 aliphatic rings. The molecule has 1 amide bonds. The molecule has 108 valence electrons. The minimum atomic E-state index is -0.762. The molecular formula is C17H23NO2. The SMILES string of the molecule is Cc1ccc2c(c1)N(CCCC1CC1)C(=O)C(C)(C)O2. The first-order chi connectivity index (χ1) is 9.47. The van der Waals surface area contributed by atoms with Crippen LogP contribution in [0.25, 0.3) is 0 Å². The Morgan fingerprint density at radius 2 is 2.10 bits per heavy atom. The van der Waals surface area contributed by atoms with Crippen molar-refractivity contribution >= 4 is 11.6 Å². The van der Waals surface area contributed by atoms with Gasteiger partial charge in [-0.1, -0.05) is 18.9 Å². The molecule has 20 heavy (non-hydrogen) atoms. The Bertz CT molecular complexity index is 532. The van der Waals surface area contributed by atoms with Gasteiger partial charge >= 0.3 is 0 Å². The summed E-state index contributed by atoms with van der Waals surface area (Å²) in [6.07, 6.45) is 5.07. The summed E-state index contributed by atoms with van der Waals surface area (Å²) in [5, 5.41) is 0. The highest BCUT2D eigenvalue weighted by Crippen LogP contribution is 2.39. The van der Waals surface area contributed by atoms with Crippen molar-refractivity contribution in [2.75, 3.05) is 11.4 Å². The summed E-state index contributed by atoms with van der Waals surface area (Å²) >= 11 is 0. The van der Waals surface area contributed by atoms with E-state index >= 15 is 0 Å². The quantitative estimate of drug-likeness (QED) is 0.837. The van der Waals surface area contributed by atoms with Crippen molar-refractivity contribution in [1.82, 2.24) is 0 Å². The van der Waals surface area contributed by atoms with E-state index in [0.717, 1.165) is 35.9 Å². The Kier molecular flexibility index (Phi) is 3.23. The summed E-state index contributed by atoms with van der Waals surface area (Å²) in [5.41, 5.74) is 1.33. The fraction of sp³-hybridized carbons (Fsp3) is 0.588. The molecule has 1 heterocycles. The highest BCUT2D eigenvalue weighted by Gasteiger charge is 2.40. The molecule has 0 saturated heterocycles. The zero-order chi connectivity index (χ0) is 14.3. The maximum atomic E-state index is 12.6. The van der Waals surface area contributed by atoms with E-state index in [0.29, 0.717) is 0 Å². The van der Waals surface area contributed by atoms with Crippen LogP contribution in [-0.2, 0) is 4.79 Å². The highest BCUT2D eigenvalue weighted by molar-refractivity contribution is 6.02. The van der Waals surface area contributed by atoms with E-state index in [2.05, 4.69) is 6.07 Å². The van der Waals surface area contributed by atoms with Gasteiger partial charge in [0.1, 0.15) is 5.75 Å². The number of rotatable bonds is 4. The van der Waals surface area contributed by atoms with Crippen molar-refractivity contribution in [2.24, 2.45) is 5.92 Å². The summed E-state index contributed by atoms with van der Waals surface area (Å²) in [4.78, 5) is 14.5. The summed E-state index contributed by atoms with van der Waals surface area (Å²) in [7, 11) is 0. The molecule has 1 fully saturated rings. The molecule has 0 bridgehead atoms. The molecule has 1 aromatic carbocycles. The molecule has 0 N–H and O–H groups in total. The van der Waals surface area contributed by atoms with Crippen LogP contribution in [0.1, 0.15) is 45.1 Å². The number of carbonyl (C=O) groups excluding carboxylic acids is 1. The van der Waals surface area contributed by atoms with Gasteiger partial charge < -0.3 is 9.64 Å². The number of aryl methyl sites for hydroxylation is 1. The van der Waals surface area contributed by atoms with Crippen molar-refractivity contribution in [3.63, 3.8) is 0 Å². The Morgan fingerprint density at radius 1 is 1.35 bits per heavy atom. The minimum Gasteiger partial charge on any atom is -0.476 e. The van der Waals surface area contributed by atoms with E-state index in [4.69, 9.17) is 4.74 Å². The highest BCUT2D eigenvalue weighted by atomic mass is 16.5. The number of fused-ring (bicyclic) bond motifs is 1. The molecule has 3 rings (SSSR count). The topological polar surface area (TPSA) is 29.5 Å². The van der Waals surface area contributed by atoms with Crippen molar-refractivity contribution in [2.45, 2.75) is 52.1 Å². The maximum Gasteiger partial charge on any atom is 0.270 e. The number of ether oxygens (including phenoxy) is 1. The summed E-state index contributed by atoms with van der Waals surface area (Å²) in [5.74, 6) is 1.81. The van der Waals surface area contributed by atoms with Gasteiger partial charge in [0.2, 0.25) is 0 Å². The van der Waals surface area contributed by atoms with Crippen LogP contribution in [0.15, 0.2) is 18.2 Å². The van der Waals surface area contributed by atoms with E-state index in [1.165, 1.54) is 19.3 Å². The van der Waals surface area contributed by atoms with Crippen molar-refractivity contribution in [3.8, 4) is 5.75 Å². The monoisotopic (exact) mass is 273 g/mol. The lowest BCUT2D eigenvalue weighted by atomic mass is 10.0. The second-order valence-corrected chi connectivity index (χ2v) is 6.63. The fourth-order valence-corrected chi connectivity index (χ4v) is 2.84. The smallest absolute Gasteiger partial charge is 0.270 e. The average Bonchev–Trinajstić information content (AvgIpc) is 3.19. The standard InChI is InChI=1S/C17H23NO2/c1-12-6-9-15-14(11-12)18(10-4-5-13-7-8-13)16(19)17(2,3)20-15/h6,9,11,13H,4-5,7-8,10H2,1-3H3. The van der Waals surface area contributed by atoms with E-state index in [1.807, 2.05) is 37.8 Å². The molecule has 0 unspecified atom stereocenters. The predicted octanol–water partition coefficient (Wildman–Crippen LogP) is 3.69. The molecule has 0 spiro atoms. The lowest BCUT2D eigenvalue weighted by molar-refractivity contribution is -0.132. The Morgan fingerprint density at radius 3 is 2.80 bits per heavy atom. The molecule has 0 aromatic heterocycles. The van der Waals surface area contributed by atoms with Gasteiger partial charge in [-0.25, -0.2) is 0 Å². The van der Waals surface area contributed by atoms with Crippen LogP contribution >= 0.6 is 0 Å². The average molecular weight is 273 g/mol. The van der Waals surface area contributed by atoms with Crippen LogP contribution in [0.4, 0.5) is 5.69 Å². The van der Waals surface area contributed by atoms with Crippen LogP contribution in [0.5, 0.6) is 5.75 Å². The molecule has 1 aliphatic heterocycles. The zero-order valence-electron chi connectivity index (χ0n) is 12.6. The molecule has 3 heteroatoms. The number of hydrogen-bond donors (Lipinski definition) is 0. The maximum absolute atomic E-state index is 12.6. The Hall–Kier alpha value is -1.51. The van der Waals surface area contributed by atoms with Crippen LogP contribution in [0.3, 0.4) is 0 Å². The first-order valence-electron chi connectivity index (χ1n) is 7.59. The minimum absolute atomic E-state index is 0.0754. The van der Waals surface area contributed by atoms with Gasteiger partial charge in [-0.3, -0.25) is 4.79 Å². The normalized spacial score (nSPS) is 20.6. The van der Waals surface area contributed by atoms with Crippen LogP contribution in [0.2, 0.25) is 0 Å². The van der Waals surface area contributed by atoms with Crippen molar-refractivity contribution in [3.05, 3.63) is 23.8 Å². The first-order valence-corrected chi connectivity index (χ1v) is 7.59. The van der Waals surface area contributed by atoms with Crippen LogP contribution < -0.4 is 9.64 Å². The predicted molar refractivity (Wildman–Crippen MR) is 80.2 cm³/mol. The summed E-state index contributed by atoms with van der Waals surface area (Å²) in [6, 6.07) is 6.07. The number of amides is 1. The molecular weight excluding hydrogens is 250 g/mol. The van der Waals surface area contributed by atoms with Gasteiger partial charge in [0, 0.05) is 6.54 Å². The number of benzene rings is 1. The summed E-state index contributed by atoms with van der Waals surface area (Å²) < 4.78 is 5.87. The third-order valence-corrected chi connectivity index (χ3v) is 4.22. The Labute approximate surface area is 120 Å². The van der Waals surface area contributed by atoms with Crippen molar-refractivity contribution < 1.29 is 9.53 Å². The van der Waals surface area contributed by atoms with Crippen molar-refractivity contribution in [1.29, 1.82) is 0 Å². The third kappa shape index (κ3) is 2.54. The third-order valence-electron chi connectivity index (χ3n) is 4.22. The molecule has 3 nitrogen and oxygen atoms in total. The second kappa shape index (κ2) is 4.80. The number of nitrogens with zero attached hydrogens (tertiary/aromatic N) is 1. The Balaban J connectivity index is 1.84. The zero-order valence-corrected chi connectivity index (χ0v) is 12.6. The number of carbonyl (C=O) groups is 1. The van der Waals surface area contributed by atoms with Gasteiger partial charge in [-0.05, 0) is 57.2 Å². The van der Waals surface area contributed by atoms with Gasteiger partial charge in [0.25, 0.3) is 5.91 Å². The molecule has 0 atom stereocenters. The molecule has 0 radical (unpaired) electrons. The van der Waals surface area contributed by atoms with E-state index in [-0.39, 0.29) is 5.91 Å². The van der Waals surface area contributed by atoms with E-state index in [1.54, 1.807) is 0 Å². The number of anilines is 1. The lowest BCUT2D eigenvalue weighted by Crippen LogP contribution is -2.52. The summed E-state index contributed by atoms with van der Waals surface area (Å²) in [6.45, 7) is 6.56. The van der Waals surface area contributed by atoms with Gasteiger partial charge in [-0.15, -0.1) is 0 Å². The molecule has 1 aliphatic carbocycles. The second-order valence-electron chi connectivity index (χ2n) is 6.63. The number of hydrogen-bond acceptors (Lipinski definition) is 2. The van der Waals surface area contributed by atoms with E-state index < -0.39 is 5.60 Å². The molecule has 1 saturated carbocycles. The lowest BCUT2D eigenvalue weighted by Gasteiger charge is -2.39. The largest absolute Gasteiger partial charge is 0.476 e. The van der Waals surface area contributed by atoms with E-state index in [9.17, 15) is 4.79 Å². The fourth-order valence-electron chi connectivity index (χ4n) is 2.84.